The first-order valence-electron chi connectivity index (χ1n) is 6.12. The van der Waals surface area contributed by atoms with Gasteiger partial charge in [0.2, 0.25) is 0 Å². The topological polar surface area (TPSA) is 38.3 Å². The van der Waals surface area contributed by atoms with E-state index in [-0.39, 0.29) is 18.6 Å². The number of aryl methyl sites for hydroxylation is 2. The van der Waals surface area contributed by atoms with Gasteiger partial charge in [-0.1, -0.05) is 18.2 Å². The van der Waals surface area contributed by atoms with Gasteiger partial charge < -0.3 is 10.1 Å². The van der Waals surface area contributed by atoms with E-state index in [9.17, 15) is 4.79 Å². The van der Waals surface area contributed by atoms with Crippen LogP contribution in [0.2, 0.25) is 0 Å². The van der Waals surface area contributed by atoms with Gasteiger partial charge in [0.05, 0.1) is 13.7 Å². The normalized spacial score (nSPS) is 15.4. The average Bonchev–Trinajstić information content (AvgIpc) is 2.82. The highest BCUT2D eigenvalue weighted by atomic mass is 16.5. The Morgan fingerprint density at radius 2 is 2.18 bits per heavy atom. The molecule has 0 spiro atoms. The van der Waals surface area contributed by atoms with Crippen LogP contribution < -0.4 is 5.32 Å². The summed E-state index contributed by atoms with van der Waals surface area (Å²) in [6, 6.07) is 6.81. The molecule has 0 bridgehead atoms. The van der Waals surface area contributed by atoms with Crippen molar-refractivity contribution < 1.29 is 9.53 Å². The summed E-state index contributed by atoms with van der Waals surface area (Å²) in [5.41, 5.74) is 4.19. The highest BCUT2D eigenvalue weighted by Crippen LogP contribution is 2.25. The monoisotopic (exact) mass is 233 g/mol. The summed E-state index contributed by atoms with van der Waals surface area (Å²) in [6.45, 7) is 2.33. The number of methoxy groups -OCH3 is 1. The minimum Gasteiger partial charge on any atom is -0.468 e. The highest BCUT2D eigenvalue weighted by molar-refractivity contribution is 5.71. The lowest BCUT2D eigenvalue weighted by Crippen LogP contribution is -2.26. The molecule has 17 heavy (non-hydrogen) atoms. The van der Waals surface area contributed by atoms with Crippen molar-refractivity contribution >= 4 is 5.97 Å². The van der Waals surface area contributed by atoms with E-state index in [1.54, 1.807) is 0 Å². The number of hydrogen-bond donors (Lipinski definition) is 1. The third kappa shape index (κ3) is 2.86. The van der Waals surface area contributed by atoms with Gasteiger partial charge in [-0.3, -0.25) is 4.79 Å². The van der Waals surface area contributed by atoms with Crippen LogP contribution in [0.3, 0.4) is 0 Å². The first-order chi connectivity index (χ1) is 8.20. The Bertz CT molecular complexity index is 415. The van der Waals surface area contributed by atoms with Crippen LogP contribution in [0.1, 0.15) is 36.1 Å². The van der Waals surface area contributed by atoms with Crippen LogP contribution in [0.4, 0.5) is 0 Å². The van der Waals surface area contributed by atoms with E-state index >= 15 is 0 Å². The lowest BCUT2D eigenvalue weighted by Gasteiger charge is -2.14. The second-order valence-corrected chi connectivity index (χ2v) is 4.56. The van der Waals surface area contributed by atoms with Gasteiger partial charge >= 0.3 is 5.97 Å². The number of ether oxygens (including phenoxy) is 1. The lowest BCUT2D eigenvalue weighted by molar-refractivity contribution is -0.139. The lowest BCUT2D eigenvalue weighted by atomic mass is 10.0. The number of benzene rings is 1. The summed E-state index contributed by atoms with van der Waals surface area (Å²) in [5.74, 6) is -0.224. The fourth-order valence-corrected chi connectivity index (χ4v) is 2.29. The Morgan fingerprint density at radius 3 is 2.94 bits per heavy atom. The maximum absolute atomic E-state index is 11.1. The van der Waals surface area contributed by atoms with Crippen LogP contribution in [-0.2, 0) is 22.4 Å². The standard InChI is InChI=1S/C14H19NO2/c1-10(15-9-14(16)17-2)12-7-6-11-4-3-5-13(11)8-12/h6-8,10,15H,3-5,9H2,1-2H3. The second-order valence-electron chi connectivity index (χ2n) is 4.56. The van der Waals surface area contributed by atoms with E-state index in [2.05, 4.69) is 35.2 Å². The Kier molecular flexibility index (Phi) is 3.79. The molecule has 0 saturated carbocycles. The maximum atomic E-state index is 11.1. The molecule has 1 atom stereocenters. The number of rotatable bonds is 4. The molecule has 0 heterocycles. The van der Waals surface area contributed by atoms with Gasteiger partial charge in [-0.2, -0.15) is 0 Å². The summed E-state index contributed by atoms with van der Waals surface area (Å²) >= 11 is 0. The zero-order valence-corrected chi connectivity index (χ0v) is 10.5. The van der Waals surface area contributed by atoms with E-state index in [1.807, 2.05) is 0 Å². The third-order valence-corrected chi connectivity index (χ3v) is 3.40. The molecule has 2 rings (SSSR count). The molecule has 0 fully saturated rings. The van der Waals surface area contributed by atoms with Crippen LogP contribution in [0, 0.1) is 0 Å². The molecule has 0 radical (unpaired) electrons. The molecule has 0 saturated heterocycles. The van der Waals surface area contributed by atoms with Gasteiger partial charge in [-0.05, 0) is 42.9 Å². The number of nitrogens with one attached hydrogen (secondary N) is 1. The van der Waals surface area contributed by atoms with Crippen LogP contribution in [0.5, 0.6) is 0 Å². The SMILES string of the molecule is COC(=O)CNC(C)c1ccc2c(c1)CCC2. The van der Waals surface area contributed by atoms with Crippen molar-refractivity contribution in [2.75, 3.05) is 13.7 Å². The largest absolute Gasteiger partial charge is 0.468 e. The number of hydrogen-bond acceptors (Lipinski definition) is 3. The minimum atomic E-state index is -0.224. The Morgan fingerprint density at radius 1 is 1.41 bits per heavy atom. The van der Waals surface area contributed by atoms with Crippen LogP contribution in [0.25, 0.3) is 0 Å². The molecule has 1 aliphatic rings. The predicted molar refractivity (Wildman–Crippen MR) is 66.9 cm³/mol. The Labute approximate surface area is 102 Å². The summed E-state index contributed by atoms with van der Waals surface area (Å²) in [6.07, 6.45) is 3.66. The average molecular weight is 233 g/mol. The van der Waals surface area contributed by atoms with Crippen molar-refractivity contribution in [2.45, 2.75) is 32.2 Å². The summed E-state index contributed by atoms with van der Waals surface area (Å²) in [4.78, 5) is 11.1. The Hall–Kier alpha value is -1.35. The zero-order valence-electron chi connectivity index (χ0n) is 10.5. The first kappa shape index (κ1) is 12.1. The fourth-order valence-electron chi connectivity index (χ4n) is 2.29. The third-order valence-electron chi connectivity index (χ3n) is 3.40. The van der Waals surface area contributed by atoms with E-state index in [0.29, 0.717) is 0 Å². The molecular weight excluding hydrogens is 214 g/mol. The zero-order chi connectivity index (χ0) is 12.3. The van der Waals surface area contributed by atoms with Gasteiger partial charge in [0.15, 0.2) is 0 Å². The predicted octanol–water partition coefficient (Wildman–Crippen LogP) is 2.00. The van der Waals surface area contributed by atoms with E-state index in [1.165, 1.54) is 43.1 Å². The molecular formula is C14H19NO2. The summed E-state index contributed by atoms with van der Waals surface area (Å²) in [7, 11) is 1.41. The Balaban J connectivity index is 1.99. The number of fused-ring (bicyclic) bond motifs is 1. The van der Waals surface area contributed by atoms with Gasteiger partial charge in [0.25, 0.3) is 0 Å². The van der Waals surface area contributed by atoms with Gasteiger partial charge in [-0.25, -0.2) is 0 Å². The molecule has 1 aromatic rings. The summed E-state index contributed by atoms with van der Waals surface area (Å²) < 4.78 is 4.61. The maximum Gasteiger partial charge on any atom is 0.319 e. The van der Waals surface area contributed by atoms with Gasteiger partial charge in [-0.15, -0.1) is 0 Å². The van der Waals surface area contributed by atoms with Gasteiger partial charge in [0.1, 0.15) is 0 Å². The quantitative estimate of drug-likeness (QED) is 0.808. The van der Waals surface area contributed by atoms with E-state index < -0.39 is 0 Å². The van der Waals surface area contributed by atoms with Crippen LogP contribution in [-0.4, -0.2) is 19.6 Å². The molecule has 1 unspecified atom stereocenters. The van der Waals surface area contributed by atoms with Crippen LogP contribution >= 0.6 is 0 Å². The van der Waals surface area contributed by atoms with Crippen LogP contribution in [0.15, 0.2) is 18.2 Å². The molecule has 1 aromatic carbocycles. The van der Waals surface area contributed by atoms with Gasteiger partial charge in [0, 0.05) is 6.04 Å². The molecule has 1 N–H and O–H groups in total. The number of esters is 1. The smallest absolute Gasteiger partial charge is 0.319 e. The summed E-state index contributed by atoms with van der Waals surface area (Å²) in [5, 5.41) is 3.17. The molecule has 3 heteroatoms. The van der Waals surface area contributed by atoms with Crippen molar-refractivity contribution in [1.82, 2.24) is 5.32 Å². The van der Waals surface area contributed by atoms with E-state index in [0.717, 1.165) is 0 Å². The van der Waals surface area contributed by atoms with Crippen molar-refractivity contribution in [1.29, 1.82) is 0 Å². The molecule has 0 amide bonds. The second kappa shape index (κ2) is 5.32. The van der Waals surface area contributed by atoms with E-state index in [4.69, 9.17) is 0 Å². The molecule has 1 aliphatic carbocycles. The molecule has 0 aliphatic heterocycles. The van der Waals surface area contributed by atoms with Crippen molar-refractivity contribution in [2.24, 2.45) is 0 Å². The molecule has 0 aromatic heterocycles. The molecule has 92 valence electrons. The fraction of sp³-hybridized carbons (Fsp3) is 0.500. The first-order valence-corrected chi connectivity index (χ1v) is 6.12. The molecule has 3 nitrogen and oxygen atoms in total. The highest BCUT2D eigenvalue weighted by Gasteiger charge is 2.13. The van der Waals surface area contributed by atoms with Crippen molar-refractivity contribution in [3.05, 3.63) is 34.9 Å². The number of carbonyl (C=O) groups excluding carboxylic acids is 1. The van der Waals surface area contributed by atoms with Crippen molar-refractivity contribution in [3.8, 4) is 0 Å². The minimum absolute atomic E-state index is 0.181. The van der Waals surface area contributed by atoms with Crippen molar-refractivity contribution in [3.63, 3.8) is 0 Å². The number of carbonyl (C=O) groups is 1.